The minimum Gasteiger partial charge on any atom is -0.493 e. The number of rotatable bonds is 4. The van der Waals surface area contributed by atoms with Gasteiger partial charge in [-0.15, -0.1) is 0 Å². The number of hydrogen-bond donors (Lipinski definition) is 0. The van der Waals surface area contributed by atoms with E-state index >= 15 is 0 Å². The van der Waals surface area contributed by atoms with Gasteiger partial charge in [0, 0.05) is 6.42 Å². The Labute approximate surface area is 94.8 Å². The van der Waals surface area contributed by atoms with Gasteiger partial charge in [-0.25, -0.2) is 0 Å². The summed E-state index contributed by atoms with van der Waals surface area (Å²) in [4.78, 5) is 0. The molecule has 0 spiro atoms. The summed E-state index contributed by atoms with van der Waals surface area (Å²) in [6.07, 6.45) is 1.44. The van der Waals surface area contributed by atoms with E-state index in [1.165, 1.54) is 10.8 Å². The van der Waals surface area contributed by atoms with Crippen LogP contribution in [0.2, 0.25) is 0 Å². The smallest absolute Gasteiger partial charge is 0.119 e. The van der Waals surface area contributed by atoms with Crippen molar-refractivity contribution in [3.8, 4) is 5.75 Å². The summed E-state index contributed by atoms with van der Waals surface area (Å²) in [5.74, 6) is 0.944. The second-order valence-corrected chi connectivity index (χ2v) is 4.10. The molecule has 2 heteroatoms. The molecule has 1 fully saturated rings. The Morgan fingerprint density at radius 2 is 1.94 bits per heavy atom. The zero-order valence-electron chi connectivity index (χ0n) is 9.06. The van der Waals surface area contributed by atoms with Crippen LogP contribution in [-0.2, 0) is 4.74 Å². The minimum absolute atomic E-state index is 0.445. The normalized spacial score (nSPS) is 18.6. The molecule has 2 nitrogen and oxygen atoms in total. The average molecular weight is 214 g/mol. The molecule has 0 amide bonds. The molecule has 0 aliphatic carbocycles. The predicted octanol–water partition coefficient (Wildman–Crippen LogP) is 3.01. The van der Waals surface area contributed by atoms with E-state index in [2.05, 4.69) is 24.3 Å². The molecule has 2 aromatic carbocycles. The average Bonchev–Trinajstić information content (AvgIpc) is 3.13. The van der Waals surface area contributed by atoms with E-state index in [-0.39, 0.29) is 0 Å². The quantitative estimate of drug-likeness (QED) is 0.730. The molecule has 16 heavy (non-hydrogen) atoms. The van der Waals surface area contributed by atoms with E-state index in [0.717, 1.165) is 25.4 Å². The van der Waals surface area contributed by atoms with Crippen molar-refractivity contribution >= 4 is 10.8 Å². The Balaban J connectivity index is 1.71. The van der Waals surface area contributed by atoms with E-state index in [0.29, 0.717) is 6.10 Å². The second-order valence-electron chi connectivity index (χ2n) is 4.10. The van der Waals surface area contributed by atoms with Crippen LogP contribution >= 0.6 is 0 Å². The van der Waals surface area contributed by atoms with Gasteiger partial charge in [-0.1, -0.05) is 30.3 Å². The van der Waals surface area contributed by atoms with Gasteiger partial charge in [0.05, 0.1) is 19.3 Å². The molecule has 1 heterocycles. The van der Waals surface area contributed by atoms with Gasteiger partial charge in [-0.05, 0) is 22.9 Å². The van der Waals surface area contributed by atoms with Crippen molar-refractivity contribution in [3.63, 3.8) is 0 Å². The van der Waals surface area contributed by atoms with Crippen LogP contribution in [0.1, 0.15) is 6.42 Å². The highest BCUT2D eigenvalue weighted by atomic mass is 16.6. The molecule has 3 rings (SSSR count). The largest absolute Gasteiger partial charge is 0.493 e. The van der Waals surface area contributed by atoms with Gasteiger partial charge >= 0.3 is 0 Å². The standard InChI is InChI=1S/C14H14O2/c1-2-4-12-9-13(6-5-11(12)3-1)15-8-7-14-10-16-14/h1-6,9,14H,7-8,10H2. The van der Waals surface area contributed by atoms with Crippen molar-refractivity contribution in [3.05, 3.63) is 42.5 Å². The molecule has 1 aliphatic rings. The molecule has 1 aliphatic heterocycles. The lowest BCUT2D eigenvalue weighted by Crippen LogP contribution is -2.00. The topological polar surface area (TPSA) is 21.8 Å². The molecule has 1 saturated heterocycles. The summed E-state index contributed by atoms with van der Waals surface area (Å²) in [6, 6.07) is 14.5. The van der Waals surface area contributed by atoms with Crippen molar-refractivity contribution in [1.82, 2.24) is 0 Å². The lowest BCUT2D eigenvalue weighted by atomic mass is 10.1. The van der Waals surface area contributed by atoms with Gasteiger partial charge in [0.25, 0.3) is 0 Å². The zero-order chi connectivity index (χ0) is 10.8. The molecule has 0 bridgehead atoms. The molecule has 0 radical (unpaired) electrons. The van der Waals surface area contributed by atoms with Crippen LogP contribution in [0, 0.1) is 0 Å². The summed E-state index contributed by atoms with van der Waals surface area (Å²) in [5, 5.41) is 2.48. The van der Waals surface area contributed by atoms with Crippen LogP contribution in [-0.4, -0.2) is 19.3 Å². The number of fused-ring (bicyclic) bond motifs is 1. The molecule has 2 aromatic rings. The Hall–Kier alpha value is -1.54. The third-order valence-electron chi connectivity index (χ3n) is 2.83. The molecule has 0 aromatic heterocycles. The van der Waals surface area contributed by atoms with Gasteiger partial charge in [0.2, 0.25) is 0 Å². The van der Waals surface area contributed by atoms with E-state index < -0.39 is 0 Å². The lowest BCUT2D eigenvalue weighted by molar-refractivity contribution is 0.283. The Morgan fingerprint density at radius 1 is 1.12 bits per heavy atom. The minimum atomic E-state index is 0.445. The predicted molar refractivity (Wildman–Crippen MR) is 63.8 cm³/mol. The third-order valence-corrected chi connectivity index (χ3v) is 2.83. The summed E-state index contributed by atoms with van der Waals surface area (Å²) >= 11 is 0. The summed E-state index contributed by atoms with van der Waals surface area (Å²) in [5.41, 5.74) is 0. The fourth-order valence-corrected chi connectivity index (χ4v) is 1.80. The summed E-state index contributed by atoms with van der Waals surface area (Å²) in [7, 11) is 0. The molecule has 0 N–H and O–H groups in total. The Bertz CT molecular complexity index is 489. The van der Waals surface area contributed by atoms with Crippen LogP contribution < -0.4 is 4.74 Å². The first-order valence-electron chi connectivity index (χ1n) is 5.65. The van der Waals surface area contributed by atoms with Crippen LogP contribution in [0.5, 0.6) is 5.75 Å². The fourth-order valence-electron chi connectivity index (χ4n) is 1.80. The Morgan fingerprint density at radius 3 is 2.75 bits per heavy atom. The van der Waals surface area contributed by atoms with Crippen LogP contribution in [0.4, 0.5) is 0 Å². The maximum atomic E-state index is 5.68. The van der Waals surface area contributed by atoms with Crippen molar-refractivity contribution in [2.24, 2.45) is 0 Å². The van der Waals surface area contributed by atoms with Gasteiger partial charge in [-0.2, -0.15) is 0 Å². The first-order chi connectivity index (χ1) is 7.92. The van der Waals surface area contributed by atoms with E-state index in [1.807, 2.05) is 18.2 Å². The number of benzene rings is 2. The van der Waals surface area contributed by atoms with Gasteiger partial charge < -0.3 is 9.47 Å². The zero-order valence-corrected chi connectivity index (χ0v) is 9.06. The molecule has 82 valence electrons. The van der Waals surface area contributed by atoms with E-state index in [1.54, 1.807) is 0 Å². The van der Waals surface area contributed by atoms with Gasteiger partial charge in [-0.3, -0.25) is 0 Å². The van der Waals surface area contributed by atoms with Crippen molar-refractivity contribution < 1.29 is 9.47 Å². The van der Waals surface area contributed by atoms with E-state index in [4.69, 9.17) is 9.47 Å². The van der Waals surface area contributed by atoms with Crippen molar-refractivity contribution in [2.45, 2.75) is 12.5 Å². The maximum Gasteiger partial charge on any atom is 0.119 e. The number of ether oxygens (including phenoxy) is 2. The van der Waals surface area contributed by atoms with E-state index in [9.17, 15) is 0 Å². The first kappa shape index (κ1) is 9.67. The summed E-state index contributed by atoms with van der Waals surface area (Å²) < 4.78 is 10.8. The summed E-state index contributed by atoms with van der Waals surface area (Å²) in [6.45, 7) is 1.64. The van der Waals surface area contributed by atoms with Crippen molar-refractivity contribution in [2.75, 3.05) is 13.2 Å². The SMILES string of the molecule is c1ccc2cc(OCCC3CO3)ccc2c1. The third kappa shape index (κ3) is 2.17. The van der Waals surface area contributed by atoms with Crippen LogP contribution in [0.3, 0.4) is 0 Å². The molecule has 1 atom stereocenters. The van der Waals surface area contributed by atoms with Crippen LogP contribution in [0.25, 0.3) is 10.8 Å². The van der Waals surface area contributed by atoms with Crippen molar-refractivity contribution in [1.29, 1.82) is 0 Å². The highest BCUT2D eigenvalue weighted by Gasteiger charge is 2.21. The highest BCUT2D eigenvalue weighted by molar-refractivity contribution is 5.83. The molecule has 0 saturated carbocycles. The molecular formula is C14H14O2. The maximum absolute atomic E-state index is 5.68. The number of hydrogen-bond acceptors (Lipinski definition) is 2. The fraction of sp³-hybridized carbons (Fsp3) is 0.286. The second kappa shape index (κ2) is 4.14. The Kier molecular flexibility index (Phi) is 2.50. The van der Waals surface area contributed by atoms with Crippen LogP contribution in [0.15, 0.2) is 42.5 Å². The lowest BCUT2D eigenvalue weighted by Gasteiger charge is -2.06. The highest BCUT2D eigenvalue weighted by Crippen LogP contribution is 2.21. The van der Waals surface area contributed by atoms with Gasteiger partial charge in [0.1, 0.15) is 5.75 Å². The monoisotopic (exact) mass is 214 g/mol. The molecular weight excluding hydrogens is 200 g/mol. The first-order valence-corrected chi connectivity index (χ1v) is 5.65. The number of epoxide rings is 1. The van der Waals surface area contributed by atoms with Gasteiger partial charge in [0.15, 0.2) is 0 Å². The molecule has 1 unspecified atom stereocenters.